The number of sulfonamides is 1. The lowest BCUT2D eigenvalue weighted by atomic mass is 10.1. The molecule has 162 valence electrons. The Kier molecular flexibility index (Phi) is 6.97. The first-order chi connectivity index (χ1) is 14.8. The van der Waals surface area contributed by atoms with E-state index in [1.165, 1.54) is 12.1 Å². The highest BCUT2D eigenvalue weighted by molar-refractivity contribution is 7.92. The SMILES string of the molecule is Cc1ccc(C(=O)N[C@@H](C)COc2ccccc2C)cc1NS(=O)(=O)c1ccccc1. The number of hydrogen-bond acceptors (Lipinski definition) is 4. The van der Waals surface area contributed by atoms with Gasteiger partial charge < -0.3 is 10.1 Å². The Hall–Kier alpha value is -3.32. The number of rotatable bonds is 8. The van der Waals surface area contributed by atoms with E-state index in [1.54, 1.807) is 43.3 Å². The largest absolute Gasteiger partial charge is 0.491 e. The fourth-order valence-corrected chi connectivity index (χ4v) is 4.10. The molecule has 7 heteroatoms. The van der Waals surface area contributed by atoms with E-state index >= 15 is 0 Å². The Morgan fingerprint density at radius 1 is 0.935 bits per heavy atom. The van der Waals surface area contributed by atoms with Crippen LogP contribution in [-0.4, -0.2) is 27.0 Å². The predicted octanol–water partition coefficient (Wildman–Crippen LogP) is 4.30. The molecule has 0 aliphatic heterocycles. The van der Waals surface area contributed by atoms with Crippen LogP contribution in [0.15, 0.2) is 77.7 Å². The Balaban J connectivity index is 1.67. The molecule has 6 nitrogen and oxygen atoms in total. The summed E-state index contributed by atoms with van der Waals surface area (Å²) in [6, 6.07) is 20.5. The number of carbonyl (C=O) groups is 1. The standard InChI is InChI=1S/C24H26N2O4S/c1-17-13-14-20(15-22(17)26-31(28,29)21-10-5-4-6-11-21)24(27)25-19(3)16-30-23-12-8-7-9-18(23)2/h4-15,19,26H,16H2,1-3H3,(H,25,27)/t19-/m0/s1. The summed E-state index contributed by atoms with van der Waals surface area (Å²) in [7, 11) is -3.75. The second kappa shape index (κ2) is 9.66. The van der Waals surface area contributed by atoms with Gasteiger partial charge in [0.25, 0.3) is 15.9 Å². The molecule has 0 heterocycles. The third-order valence-corrected chi connectivity index (χ3v) is 6.14. The van der Waals surface area contributed by atoms with Gasteiger partial charge in [-0.3, -0.25) is 9.52 Å². The van der Waals surface area contributed by atoms with Gasteiger partial charge in [0.05, 0.1) is 16.6 Å². The number of benzene rings is 3. The highest BCUT2D eigenvalue weighted by Gasteiger charge is 2.17. The smallest absolute Gasteiger partial charge is 0.261 e. The maximum absolute atomic E-state index is 12.7. The zero-order chi connectivity index (χ0) is 22.4. The van der Waals surface area contributed by atoms with Crippen LogP contribution in [0.4, 0.5) is 5.69 Å². The van der Waals surface area contributed by atoms with Crippen molar-refractivity contribution in [3.63, 3.8) is 0 Å². The van der Waals surface area contributed by atoms with E-state index < -0.39 is 10.0 Å². The molecule has 3 aromatic carbocycles. The number of aryl methyl sites for hydroxylation is 2. The third-order valence-electron chi connectivity index (χ3n) is 4.76. The van der Waals surface area contributed by atoms with Gasteiger partial charge in [0.15, 0.2) is 0 Å². The van der Waals surface area contributed by atoms with Gasteiger partial charge >= 0.3 is 0 Å². The molecular weight excluding hydrogens is 412 g/mol. The van der Waals surface area contributed by atoms with Crippen LogP contribution in [0.3, 0.4) is 0 Å². The van der Waals surface area contributed by atoms with Gasteiger partial charge in [-0.1, -0.05) is 42.5 Å². The lowest BCUT2D eigenvalue weighted by Crippen LogP contribution is -2.36. The molecule has 3 rings (SSSR count). The first-order valence-corrected chi connectivity index (χ1v) is 11.4. The molecule has 1 atom stereocenters. The number of nitrogens with one attached hydrogen (secondary N) is 2. The van der Waals surface area contributed by atoms with Crippen LogP contribution in [-0.2, 0) is 10.0 Å². The summed E-state index contributed by atoms with van der Waals surface area (Å²) in [5.41, 5.74) is 2.46. The molecule has 2 N–H and O–H groups in total. The van der Waals surface area contributed by atoms with Gasteiger partial charge in [0.1, 0.15) is 12.4 Å². The fourth-order valence-electron chi connectivity index (χ4n) is 2.96. The molecule has 31 heavy (non-hydrogen) atoms. The van der Waals surface area contributed by atoms with Gasteiger partial charge in [0, 0.05) is 5.56 Å². The van der Waals surface area contributed by atoms with Gasteiger partial charge in [-0.2, -0.15) is 0 Å². The van der Waals surface area contributed by atoms with Gasteiger partial charge in [-0.25, -0.2) is 8.42 Å². The van der Waals surface area contributed by atoms with Gasteiger partial charge in [-0.15, -0.1) is 0 Å². The minimum atomic E-state index is -3.75. The predicted molar refractivity (Wildman–Crippen MR) is 122 cm³/mol. The third kappa shape index (κ3) is 5.86. The molecule has 1 amide bonds. The van der Waals surface area contributed by atoms with Crippen LogP contribution < -0.4 is 14.8 Å². The van der Waals surface area contributed by atoms with E-state index in [0.717, 1.165) is 11.3 Å². The highest BCUT2D eigenvalue weighted by atomic mass is 32.2. The summed E-state index contributed by atoms with van der Waals surface area (Å²) in [4.78, 5) is 12.8. The minimum absolute atomic E-state index is 0.159. The zero-order valence-corrected chi connectivity index (χ0v) is 18.6. The molecule has 0 spiro atoms. The van der Waals surface area contributed by atoms with Crippen LogP contribution >= 0.6 is 0 Å². The van der Waals surface area contributed by atoms with Crippen LogP contribution in [0.25, 0.3) is 0 Å². The second-order valence-corrected chi connectivity index (χ2v) is 9.08. The Bertz CT molecular complexity index is 1160. The normalized spacial score (nSPS) is 12.1. The number of carbonyl (C=O) groups excluding carboxylic acids is 1. The first-order valence-electron chi connectivity index (χ1n) is 9.94. The molecule has 0 bridgehead atoms. The molecule has 0 radical (unpaired) electrons. The Morgan fingerprint density at radius 3 is 2.32 bits per heavy atom. The summed E-state index contributed by atoms with van der Waals surface area (Å²) in [5, 5.41) is 2.89. The van der Waals surface area contributed by atoms with E-state index in [2.05, 4.69) is 10.0 Å². The van der Waals surface area contributed by atoms with Crippen molar-refractivity contribution in [2.75, 3.05) is 11.3 Å². The quantitative estimate of drug-likeness (QED) is 0.549. The first kappa shape index (κ1) is 22.4. The van der Waals surface area contributed by atoms with E-state index in [1.807, 2.05) is 38.1 Å². The van der Waals surface area contributed by atoms with Crippen LogP contribution in [0.2, 0.25) is 0 Å². The van der Waals surface area contributed by atoms with Crippen molar-refractivity contribution in [1.82, 2.24) is 5.32 Å². The number of anilines is 1. The van der Waals surface area contributed by atoms with Crippen molar-refractivity contribution >= 4 is 21.6 Å². The monoisotopic (exact) mass is 438 g/mol. The average Bonchev–Trinajstić information content (AvgIpc) is 2.75. The molecule has 0 saturated heterocycles. The maximum atomic E-state index is 12.7. The van der Waals surface area contributed by atoms with E-state index in [4.69, 9.17) is 4.74 Å². The van der Waals surface area contributed by atoms with E-state index in [-0.39, 0.29) is 16.8 Å². The van der Waals surface area contributed by atoms with Crippen molar-refractivity contribution in [2.45, 2.75) is 31.7 Å². The Labute approximate surface area is 183 Å². The summed E-state index contributed by atoms with van der Waals surface area (Å²) >= 11 is 0. The number of amides is 1. The molecule has 0 fully saturated rings. The minimum Gasteiger partial charge on any atom is -0.491 e. The van der Waals surface area contributed by atoms with Crippen molar-refractivity contribution in [3.05, 3.63) is 89.5 Å². The molecule has 0 aliphatic carbocycles. The summed E-state index contributed by atoms with van der Waals surface area (Å²) in [6.45, 7) is 5.91. The van der Waals surface area contributed by atoms with Crippen LogP contribution in [0.5, 0.6) is 5.75 Å². The number of hydrogen-bond donors (Lipinski definition) is 2. The topological polar surface area (TPSA) is 84.5 Å². The molecule has 3 aromatic rings. The van der Waals surface area contributed by atoms with Crippen molar-refractivity contribution in [2.24, 2.45) is 0 Å². The summed E-state index contributed by atoms with van der Waals surface area (Å²) in [6.07, 6.45) is 0. The molecule has 0 aliphatic rings. The van der Waals surface area contributed by atoms with Crippen molar-refractivity contribution in [1.29, 1.82) is 0 Å². The number of ether oxygens (including phenoxy) is 1. The lowest BCUT2D eigenvalue weighted by molar-refractivity contribution is 0.0926. The van der Waals surface area contributed by atoms with E-state index in [0.29, 0.717) is 23.4 Å². The van der Waals surface area contributed by atoms with Crippen LogP contribution in [0.1, 0.15) is 28.4 Å². The molecule has 0 saturated carbocycles. The Morgan fingerprint density at radius 2 is 1.61 bits per heavy atom. The lowest BCUT2D eigenvalue weighted by Gasteiger charge is -2.17. The van der Waals surface area contributed by atoms with Crippen molar-refractivity contribution in [3.8, 4) is 5.75 Å². The molecule has 0 aromatic heterocycles. The van der Waals surface area contributed by atoms with Crippen molar-refractivity contribution < 1.29 is 17.9 Å². The molecular formula is C24H26N2O4S. The zero-order valence-electron chi connectivity index (χ0n) is 17.8. The maximum Gasteiger partial charge on any atom is 0.261 e. The number of para-hydroxylation sites is 1. The van der Waals surface area contributed by atoms with Crippen LogP contribution in [0, 0.1) is 13.8 Å². The summed E-state index contributed by atoms with van der Waals surface area (Å²) in [5.74, 6) is 0.470. The van der Waals surface area contributed by atoms with E-state index in [9.17, 15) is 13.2 Å². The summed E-state index contributed by atoms with van der Waals surface area (Å²) < 4.78 is 33.6. The second-order valence-electron chi connectivity index (χ2n) is 7.40. The average molecular weight is 439 g/mol. The fraction of sp³-hybridized carbons (Fsp3) is 0.208. The van der Waals surface area contributed by atoms with Gasteiger partial charge in [0.2, 0.25) is 0 Å². The van der Waals surface area contributed by atoms with Gasteiger partial charge in [-0.05, 0) is 62.2 Å². The molecule has 0 unspecified atom stereocenters. The highest BCUT2D eigenvalue weighted by Crippen LogP contribution is 2.21.